The number of para-hydroxylation sites is 1. The van der Waals surface area contributed by atoms with Crippen LogP contribution in [0.5, 0.6) is 0 Å². The van der Waals surface area contributed by atoms with Crippen molar-refractivity contribution in [2.45, 2.75) is 25.8 Å². The van der Waals surface area contributed by atoms with Gasteiger partial charge in [0, 0.05) is 19.0 Å². The second kappa shape index (κ2) is 10.6. The molecule has 0 saturated carbocycles. The molecule has 33 heavy (non-hydrogen) atoms. The summed E-state index contributed by atoms with van der Waals surface area (Å²) in [7, 11) is 0. The van der Waals surface area contributed by atoms with Gasteiger partial charge in [-0.2, -0.15) is 0 Å². The van der Waals surface area contributed by atoms with Crippen molar-refractivity contribution in [3.63, 3.8) is 0 Å². The van der Waals surface area contributed by atoms with Crippen LogP contribution in [0.15, 0.2) is 89.7 Å². The lowest BCUT2D eigenvalue weighted by atomic mass is 9.88. The van der Waals surface area contributed by atoms with E-state index in [2.05, 4.69) is 39.6 Å². The van der Waals surface area contributed by atoms with Crippen LogP contribution in [0.25, 0.3) is 10.9 Å². The van der Waals surface area contributed by atoms with Crippen molar-refractivity contribution in [2.75, 3.05) is 13.1 Å². The molecule has 0 radical (unpaired) electrons. The molecule has 0 spiro atoms. The highest BCUT2D eigenvalue weighted by atomic mass is 16.2. The number of carbonyl (C=O) groups excluding carboxylic acids is 1. The van der Waals surface area contributed by atoms with Crippen LogP contribution in [0.2, 0.25) is 0 Å². The van der Waals surface area contributed by atoms with Crippen molar-refractivity contribution in [1.29, 1.82) is 0 Å². The van der Waals surface area contributed by atoms with Crippen LogP contribution in [0, 0.1) is 0 Å². The largest absolute Gasteiger partial charge is 0.338 e. The molecule has 4 rings (SSSR count). The Labute approximate surface area is 193 Å². The Morgan fingerprint density at radius 2 is 1.55 bits per heavy atom. The third kappa shape index (κ3) is 5.47. The smallest absolute Gasteiger partial charge is 0.317 e. The summed E-state index contributed by atoms with van der Waals surface area (Å²) in [6.45, 7) is 3.19. The molecule has 0 aliphatic heterocycles. The van der Waals surface area contributed by atoms with E-state index in [9.17, 15) is 9.59 Å². The molecule has 1 aromatic heterocycles. The Bertz CT molecular complexity index is 1220. The van der Waals surface area contributed by atoms with Crippen molar-refractivity contribution in [3.05, 3.63) is 112 Å². The number of aromatic amines is 1. The summed E-state index contributed by atoms with van der Waals surface area (Å²) in [5.41, 5.74) is 2.88. The first kappa shape index (κ1) is 22.3. The lowest BCUT2D eigenvalue weighted by molar-refractivity contribution is 0.196. The van der Waals surface area contributed by atoms with E-state index in [4.69, 9.17) is 0 Å². The van der Waals surface area contributed by atoms with Gasteiger partial charge in [0.25, 0.3) is 5.56 Å². The third-order valence-corrected chi connectivity index (χ3v) is 5.78. The van der Waals surface area contributed by atoms with Crippen LogP contribution in [0.3, 0.4) is 0 Å². The highest BCUT2D eigenvalue weighted by molar-refractivity contribution is 5.77. The van der Waals surface area contributed by atoms with Crippen molar-refractivity contribution in [2.24, 2.45) is 0 Å². The lowest BCUT2D eigenvalue weighted by Crippen LogP contribution is -2.40. The van der Waals surface area contributed by atoms with E-state index in [1.165, 1.54) is 11.1 Å². The number of nitrogens with zero attached hydrogens (tertiary/aromatic N) is 2. The SMILES string of the molecule is CCN(Cc1nc2ccccc2c(=O)[nH]1)C(=O)NCCC(c1ccccc1)c1ccccc1. The molecular weight excluding hydrogens is 412 g/mol. The van der Waals surface area contributed by atoms with Gasteiger partial charge in [0.15, 0.2) is 0 Å². The minimum Gasteiger partial charge on any atom is -0.338 e. The number of nitrogens with one attached hydrogen (secondary N) is 2. The fraction of sp³-hybridized carbons (Fsp3) is 0.222. The van der Waals surface area contributed by atoms with E-state index in [1.54, 1.807) is 17.0 Å². The average Bonchev–Trinajstić information content (AvgIpc) is 2.86. The first-order valence-corrected chi connectivity index (χ1v) is 11.3. The number of aromatic nitrogens is 2. The molecule has 0 atom stereocenters. The molecule has 3 aromatic carbocycles. The van der Waals surface area contributed by atoms with Gasteiger partial charge in [0.1, 0.15) is 5.82 Å². The molecule has 6 nitrogen and oxygen atoms in total. The fourth-order valence-electron chi connectivity index (χ4n) is 4.05. The van der Waals surface area contributed by atoms with E-state index in [-0.39, 0.29) is 24.1 Å². The van der Waals surface area contributed by atoms with E-state index in [1.807, 2.05) is 55.5 Å². The maximum atomic E-state index is 12.9. The summed E-state index contributed by atoms with van der Waals surface area (Å²) < 4.78 is 0. The highest BCUT2D eigenvalue weighted by Gasteiger charge is 2.17. The van der Waals surface area contributed by atoms with Gasteiger partial charge in [-0.15, -0.1) is 0 Å². The predicted molar refractivity (Wildman–Crippen MR) is 131 cm³/mol. The minimum absolute atomic E-state index is 0.173. The molecule has 0 unspecified atom stereocenters. The zero-order valence-corrected chi connectivity index (χ0v) is 18.7. The van der Waals surface area contributed by atoms with Gasteiger partial charge in [-0.25, -0.2) is 9.78 Å². The zero-order valence-electron chi connectivity index (χ0n) is 18.7. The van der Waals surface area contributed by atoms with Gasteiger partial charge >= 0.3 is 6.03 Å². The first-order valence-electron chi connectivity index (χ1n) is 11.3. The van der Waals surface area contributed by atoms with Crippen molar-refractivity contribution in [1.82, 2.24) is 20.2 Å². The quantitative estimate of drug-likeness (QED) is 0.418. The number of hydrogen-bond donors (Lipinski definition) is 2. The van der Waals surface area contributed by atoms with Crippen molar-refractivity contribution >= 4 is 16.9 Å². The number of carbonyl (C=O) groups is 1. The highest BCUT2D eigenvalue weighted by Crippen LogP contribution is 2.27. The molecule has 168 valence electrons. The number of benzene rings is 3. The van der Waals surface area contributed by atoms with Crippen LogP contribution in [0.1, 0.15) is 36.2 Å². The zero-order chi connectivity index (χ0) is 23.0. The molecule has 0 aliphatic rings. The van der Waals surface area contributed by atoms with Crippen molar-refractivity contribution < 1.29 is 4.79 Å². The molecule has 4 aromatic rings. The minimum atomic E-state index is -0.194. The Balaban J connectivity index is 1.42. The molecule has 0 fully saturated rings. The molecule has 0 aliphatic carbocycles. The van der Waals surface area contributed by atoms with Crippen LogP contribution < -0.4 is 10.9 Å². The maximum Gasteiger partial charge on any atom is 0.317 e. The maximum absolute atomic E-state index is 12.9. The monoisotopic (exact) mass is 440 g/mol. The van der Waals surface area contributed by atoms with Gasteiger partial charge in [0.2, 0.25) is 0 Å². The summed E-state index contributed by atoms with van der Waals surface area (Å²) in [5, 5.41) is 3.59. The number of fused-ring (bicyclic) bond motifs is 1. The van der Waals surface area contributed by atoms with Gasteiger partial charge < -0.3 is 15.2 Å². The number of urea groups is 1. The van der Waals surface area contributed by atoms with Gasteiger partial charge in [-0.1, -0.05) is 72.8 Å². The van der Waals surface area contributed by atoms with Gasteiger partial charge in [0.05, 0.1) is 17.4 Å². The number of amides is 2. The number of H-pyrrole nitrogens is 1. The summed E-state index contributed by atoms with van der Waals surface area (Å²) in [6.07, 6.45) is 0.780. The standard InChI is InChI=1S/C27H28N4O2/c1-2-31(19-25-29-24-16-10-9-15-23(24)26(32)30-25)27(33)28-18-17-22(20-11-5-3-6-12-20)21-13-7-4-8-14-21/h3-16,22H,2,17-19H2,1H3,(H,28,33)(H,29,30,32). The summed E-state index contributed by atoms with van der Waals surface area (Å²) in [4.78, 5) is 34.2. The predicted octanol–water partition coefficient (Wildman–Crippen LogP) is 4.68. The molecule has 2 amide bonds. The van der Waals surface area contributed by atoms with Crippen LogP contribution in [-0.4, -0.2) is 34.0 Å². The van der Waals surface area contributed by atoms with E-state index in [0.29, 0.717) is 29.8 Å². The second-order valence-corrected chi connectivity index (χ2v) is 7.94. The normalized spacial score (nSPS) is 11.0. The second-order valence-electron chi connectivity index (χ2n) is 7.94. The molecule has 2 N–H and O–H groups in total. The van der Waals surface area contributed by atoms with E-state index in [0.717, 1.165) is 6.42 Å². The lowest BCUT2D eigenvalue weighted by Gasteiger charge is -2.23. The van der Waals surface area contributed by atoms with Crippen LogP contribution in [0.4, 0.5) is 4.79 Å². The Morgan fingerprint density at radius 1 is 0.939 bits per heavy atom. The molecule has 0 saturated heterocycles. The van der Waals surface area contributed by atoms with Crippen LogP contribution >= 0.6 is 0 Å². The topological polar surface area (TPSA) is 78.1 Å². The average molecular weight is 441 g/mol. The van der Waals surface area contributed by atoms with Crippen molar-refractivity contribution in [3.8, 4) is 0 Å². The van der Waals surface area contributed by atoms with Crippen LogP contribution in [-0.2, 0) is 6.54 Å². The number of hydrogen-bond acceptors (Lipinski definition) is 3. The summed E-state index contributed by atoms with van der Waals surface area (Å²) in [5.74, 6) is 0.670. The molecule has 6 heteroatoms. The molecule has 1 heterocycles. The molecule has 0 bridgehead atoms. The summed E-state index contributed by atoms with van der Waals surface area (Å²) >= 11 is 0. The Morgan fingerprint density at radius 3 is 2.18 bits per heavy atom. The van der Waals surface area contributed by atoms with Gasteiger partial charge in [-0.3, -0.25) is 4.79 Å². The number of rotatable bonds is 8. The third-order valence-electron chi connectivity index (χ3n) is 5.78. The molecular formula is C27H28N4O2. The Kier molecular flexibility index (Phi) is 7.15. The Hall–Kier alpha value is -3.93. The summed E-state index contributed by atoms with van der Waals surface area (Å²) in [6, 6.07) is 27.7. The van der Waals surface area contributed by atoms with E-state index < -0.39 is 0 Å². The van der Waals surface area contributed by atoms with E-state index >= 15 is 0 Å². The van der Waals surface area contributed by atoms with Gasteiger partial charge in [-0.05, 0) is 36.6 Å². The fourth-order valence-corrected chi connectivity index (χ4v) is 4.05. The first-order chi connectivity index (χ1) is 16.2.